The van der Waals surface area contributed by atoms with Gasteiger partial charge in [-0.25, -0.2) is 13.1 Å². The predicted octanol–water partition coefficient (Wildman–Crippen LogP) is 4.47. The minimum atomic E-state index is -3.52. The van der Waals surface area contributed by atoms with Gasteiger partial charge in [-0.15, -0.1) is 0 Å². The third-order valence-electron chi connectivity index (χ3n) is 6.34. The number of nitrogens with one attached hydrogen (secondary N) is 1. The van der Waals surface area contributed by atoms with E-state index < -0.39 is 10.0 Å². The number of rotatable bonds is 9. The Balaban J connectivity index is 1.51. The molecule has 1 aromatic carbocycles. The number of para-hydroxylation sites is 2. The molecule has 2 aliphatic rings. The van der Waals surface area contributed by atoms with Gasteiger partial charge in [0.25, 0.3) is 0 Å². The van der Waals surface area contributed by atoms with E-state index in [1.807, 2.05) is 13.0 Å². The van der Waals surface area contributed by atoms with Crippen LogP contribution < -0.4 is 14.4 Å². The van der Waals surface area contributed by atoms with Gasteiger partial charge in [-0.3, -0.25) is 4.90 Å². The van der Waals surface area contributed by atoms with Gasteiger partial charge in [0, 0.05) is 38.3 Å². The zero-order valence-electron chi connectivity index (χ0n) is 20.2. The highest BCUT2D eigenvalue weighted by Crippen LogP contribution is 2.31. The van der Waals surface area contributed by atoms with Gasteiger partial charge in [0.05, 0.1) is 16.7 Å². The molecule has 7 heteroatoms. The third kappa shape index (κ3) is 6.95. The van der Waals surface area contributed by atoms with Gasteiger partial charge >= 0.3 is 0 Å². The first-order chi connectivity index (χ1) is 15.8. The number of nitrogens with zero attached hydrogens (tertiary/aromatic N) is 2. The number of allylic oxidation sites excluding steroid dienone is 4. The fourth-order valence-corrected chi connectivity index (χ4v) is 6.16. The predicted molar refractivity (Wildman–Crippen MR) is 137 cm³/mol. The number of anilines is 1. The molecule has 6 nitrogen and oxygen atoms in total. The lowest BCUT2D eigenvalue weighted by Gasteiger charge is -2.43. The summed E-state index contributed by atoms with van der Waals surface area (Å²) in [6.45, 7) is 13.5. The summed E-state index contributed by atoms with van der Waals surface area (Å²) in [5.41, 5.74) is 1.17. The van der Waals surface area contributed by atoms with Crippen LogP contribution in [0.25, 0.3) is 0 Å². The molecule has 0 unspecified atom stereocenters. The van der Waals surface area contributed by atoms with Crippen molar-refractivity contribution in [2.75, 3.05) is 31.1 Å². The highest BCUT2D eigenvalue weighted by Gasteiger charge is 2.31. The monoisotopic (exact) mass is 473 g/mol. The second-order valence-electron chi connectivity index (χ2n) is 9.09. The lowest BCUT2D eigenvalue weighted by Crippen LogP contribution is -2.52. The van der Waals surface area contributed by atoms with Gasteiger partial charge in [-0.1, -0.05) is 30.9 Å². The molecule has 0 radical (unpaired) electrons. The van der Waals surface area contributed by atoms with Gasteiger partial charge in [-0.05, 0) is 70.7 Å². The first-order valence-electron chi connectivity index (χ1n) is 12.1. The molecule has 1 saturated heterocycles. The molecule has 1 aliphatic carbocycles. The summed E-state index contributed by atoms with van der Waals surface area (Å²) in [6.07, 6.45) is 10.3. The second kappa shape index (κ2) is 11.9. The number of benzene rings is 1. The summed E-state index contributed by atoms with van der Waals surface area (Å²) in [5, 5.41) is 0. The Hall–Kier alpha value is -2.09. The van der Waals surface area contributed by atoms with Gasteiger partial charge < -0.3 is 9.64 Å². The summed E-state index contributed by atoms with van der Waals surface area (Å²) >= 11 is 0. The first kappa shape index (κ1) is 25.5. The highest BCUT2D eigenvalue weighted by molar-refractivity contribution is 7.93. The highest BCUT2D eigenvalue weighted by atomic mass is 32.2. The normalized spacial score (nSPS) is 23.3. The van der Waals surface area contributed by atoms with Crippen molar-refractivity contribution in [3.05, 3.63) is 60.1 Å². The summed E-state index contributed by atoms with van der Waals surface area (Å²) < 4.78 is 34.4. The first-order valence-corrected chi connectivity index (χ1v) is 13.5. The average Bonchev–Trinajstić information content (AvgIpc) is 2.79. The minimum Gasteiger partial charge on any atom is -0.489 e. The largest absolute Gasteiger partial charge is 0.489 e. The maximum atomic E-state index is 12.7. The Labute approximate surface area is 200 Å². The van der Waals surface area contributed by atoms with Crippen molar-refractivity contribution >= 4 is 15.7 Å². The maximum absolute atomic E-state index is 12.7. The molecule has 1 heterocycles. The van der Waals surface area contributed by atoms with E-state index in [9.17, 15) is 8.42 Å². The fourth-order valence-electron chi connectivity index (χ4n) is 4.76. The van der Waals surface area contributed by atoms with Gasteiger partial charge in [0.1, 0.15) is 5.75 Å². The molecule has 1 aliphatic heterocycles. The van der Waals surface area contributed by atoms with E-state index in [4.69, 9.17) is 4.74 Å². The van der Waals surface area contributed by atoms with Crippen LogP contribution in [0.5, 0.6) is 5.75 Å². The van der Waals surface area contributed by atoms with Crippen molar-refractivity contribution in [2.24, 2.45) is 0 Å². The number of piperazine rings is 1. The number of hydrogen-bond acceptors (Lipinski definition) is 5. The van der Waals surface area contributed by atoms with Crippen LogP contribution in [0.2, 0.25) is 0 Å². The molecule has 2 fully saturated rings. The van der Waals surface area contributed by atoms with E-state index in [0.717, 1.165) is 57.6 Å². The van der Waals surface area contributed by atoms with Crippen LogP contribution in [0.15, 0.2) is 60.1 Å². The quantitative estimate of drug-likeness (QED) is 0.536. The zero-order chi connectivity index (χ0) is 23.8. The Morgan fingerprint density at radius 3 is 2.39 bits per heavy atom. The van der Waals surface area contributed by atoms with Gasteiger partial charge in [0.15, 0.2) is 0 Å². The Bertz CT molecular complexity index is 939. The molecule has 0 amide bonds. The lowest BCUT2D eigenvalue weighted by molar-refractivity contribution is 0.139. The van der Waals surface area contributed by atoms with Crippen LogP contribution in [0, 0.1) is 0 Å². The smallest absolute Gasteiger partial charge is 0.240 e. The summed E-state index contributed by atoms with van der Waals surface area (Å²) in [5.74, 6) is 0.955. The molecule has 3 rings (SSSR count). The van der Waals surface area contributed by atoms with E-state index in [2.05, 4.69) is 53.1 Å². The molecule has 1 N–H and O–H groups in total. The van der Waals surface area contributed by atoms with Crippen LogP contribution >= 0.6 is 0 Å². The van der Waals surface area contributed by atoms with Crippen molar-refractivity contribution in [1.82, 2.24) is 9.62 Å². The molecule has 0 atom stereocenters. The summed E-state index contributed by atoms with van der Waals surface area (Å²) in [6, 6.07) is 8.81. The van der Waals surface area contributed by atoms with Crippen LogP contribution in [-0.2, 0) is 10.0 Å². The van der Waals surface area contributed by atoms with Crippen LogP contribution in [0.3, 0.4) is 0 Å². The van der Waals surface area contributed by atoms with E-state index in [1.54, 1.807) is 12.2 Å². The minimum absolute atomic E-state index is 0.00827. The lowest BCUT2D eigenvalue weighted by atomic mass is 9.90. The molecule has 33 heavy (non-hydrogen) atoms. The van der Waals surface area contributed by atoms with Crippen molar-refractivity contribution in [3.8, 4) is 5.75 Å². The Morgan fingerprint density at radius 1 is 1.12 bits per heavy atom. The topological polar surface area (TPSA) is 61.9 Å². The molecular weight excluding hydrogens is 434 g/mol. The van der Waals surface area contributed by atoms with Gasteiger partial charge in [-0.2, -0.15) is 0 Å². The van der Waals surface area contributed by atoms with Crippen molar-refractivity contribution in [2.45, 2.75) is 64.6 Å². The molecular formula is C26H39N3O3S. The van der Waals surface area contributed by atoms with Crippen molar-refractivity contribution < 1.29 is 13.2 Å². The molecule has 0 aromatic heterocycles. The molecule has 1 saturated carbocycles. The maximum Gasteiger partial charge on any atom is 0.240 e. The zero-order valence-corrected chi connectivity index (χ0v) is 21.1. The van der Waals surface area contributed by atoms with E-state index in [1.165, 1.54) is 17.8 Å². The molecule has 0 bridgehead atoms. The van der Waals surface area contributed by atoms with E-state index >= 15 is 0 Å². The van der Waals surface area contributed by atoms with Crippen molar-refractivity contribution in [1.29, 1.82) is 0 Å². The van der Waals surface area contributed by atoms with Crippen LogP contribution in [-0.4, -0.2) is 57.7 Å². The summed E-state index contributed by atoms with van der Waals surface area (Å²) in [7, 11) is -3.52. The molecule has 182 valence electrons. The van der Waals surface area contributed by atoms with Crippen LogP contribution in [0.4, 0.5) is 5.69 Å². The SMILES string of the molecule is C=C/C=C(\C=C/C)S(=O)(=O)NC1CCC(N2CCN(c3ccccc3OC(C)C)CC2)CC1. The van der Waals surface area contributed by atoms with Crippen LogP contribution in [0.1, 0.15) is 46.5 Å². The molecule has 1 aromatic rings. The molecule has 0 spiro atoms. The number of hydrogen-bond donors (Lipinski definition) is 1. The second-order valence-corrected chi connectivity index (χ2v) is 10.8. The van der Waals surface area contributed by atoms with Crippen molar-refractivity contribution in [3.63, 3.8) is 0 Å². The van der Waals surface area contributed by atoms with E-state index in [0.29, 0.717) is 6.04 Å². The van der Waals surface area contributed by atoms with E-state index in [-0.39, 0.29) is 17.1 Å². The summed E-state index contributed by atoms with van der Waals surface area (Å²) in [4.78, 5) is 5.26. The Morgan fingerprint density at radius 2 is 1.79 bits per heavy atom. The fraction of sp³-hybridized carbons (Fsp3) is 0.538. The average molecular weight is 474 g/mol. The number of sulfonamides is 1. The number of ether oxygens (including phenoxy) is 1. The Kier molecular flexibility index (Phi) is 9.18. The van der Waals surface area contributed by atoms with Gasteiger partial charge in [0.2, 0.25) is 10.0 Å². The standard InChI is InChI=1S/C26H39N3O3S/c1-5-9-24(10-6-2)33(30,31)27-22-13-15-23(16-14-22)28-17-19-29(20-18-28)25-11-7-8-12-26(25)32-21(3)4/h5-12,21-23,27H,1,13-20H2,2-4H3/b10-6-,24-9+. The third-order valence-corrected chi connectivity index (χ3v) is 7.88.